The van der Waals surface area contributed by atoms with Crippen LogP contribution in [0.4, 0.5) is 0 Å². The Morgan fingerprint density at radius 3 is 2.74 bits per heavy atom. The standard InChI is InChI=1S/C16H26ClNO/c1-3-4-10-19-11-9-14(13-18-2)12-15-7-5-6-8-16(15)17/h5-8,14,18H,3-4,9-13H2,1-2H3. The molecule has 0 radical (unpaired) electrons. The van der Waals surface area contributed by atoms with Gasteiger partial charge >= 0.3 is 0 Å². The highest BCUT2D eigenvalue weighted by Crippen LogP contribution is 2.20. The van der Waals surface area contributed by atoms with E-state index in [2.05, 4.69) is 24.4 Å². The fourth-order valence-corrected chi connectivity index (χ4v) is 2.35. The highest BCUT2D eigenvalue weighted by Gasteiger charge is 2.11. The van der Waals surface area contributed by atoms with E-state index in [4.69, 9.17) is 16.3 Å². The van der Waals surface area contributed by atoms with Crippen LogP contribution in [0.3, 0.4) is 0 Å². The smallest absolute Gasteiger partial charge is 0.0469 e. The lowest BCUT2D eigenvalue weighted by Crippen LogP contribution is -2.22. The van der Waals surface area contributed by atoms with Gasteiger partial charge in [0.2, 0.25) is 0 Å². The maximum atomic E-state index is 6.22. The maximum Gasteiger partial charge on any atom is 0.0469 e. The van der Waals surface area contributed by atoms with Gasteiger partial charge in [-0.15, -0.1) is 0 Å². The molecule has 0 aromatic heterocycles. The van der Waals surface area contributed by atoms with Crippen LogP contribution in [0.15, 0.2) is 24.3 Å². The molecule has 0 spiro atoms. The number of nitrogens with one attached hydrogen (secondary N) is 1. The zero-order chi connectivity index (χ0) is 13.9. The molecule has 1 rings (SSSR count). The Hall–Kier alpha value is -0.570. The van der Waals surface area contributed by atoms with Gasteiger partial charge in [0.15, 0.2) is 0 Å². The van der Waals surface area contributed by atoms with Crippen molar-refractivity contribution in [3.8, 4) is 0 Å². The van der Waals surface area contributed by atoms with Crippen LogP contribution < -0.4 is 5.32 Å². The fourth-order valence-electron chi connectivity index (χ4n) is 2.14. The number of hydrogen-bond acceptors (Lipinski definition) is 2. The molecule has 19 heavy (non-hydrogen) atoms. The first-order chi connectivity index (χ1) is 9.27. The van der Waals surface area contributed by atoms with Gasteiger partial charge < -0.3 is 10.1 Å². The average molecular weight is 284 g/mol. The van der Waals surface area contributed by atoms with E-state index in [9.17, 15) is 0 Å². The van der Waals surface area contributed by atoms with E-state index in [0.29, 0.717) is 5.92 Å². The Kier molecular flexibility index (Phi) is 8.89. The second-order valence-electron chi connectivity index (χ2n) is 4.97. The molecule has 1 aromatic carbocycles. The molecule has 1 atom stereocenters. The van der Waals surface area contributed by atoms with Gasteiger partial charge in [-0.2, -0.15) is 0 Å². The number of benzene rings is 1. The van der Waals surface area contributed by atoms with E-state index in [1.165, 1.54) is 12.0 Å². The fraction of sp³-hybridized carbons (Fsp3) is 0.625. The molecule has 0 saturated carbocycles. The lowest BCUT2D eigenvalue weighted by atomic mass is 9.96. The van der Waals surface area contributed by atoms with Gasteiger partial charge in [-0.25, -0.2) is 0 Å². The predicted octanol–water partition coefficient (Wildman–Crippen LogP) is 3.92. The summed E-state index contributed by atoms with van der Waals surface area (Å²) >= 11 is 6.22. The van der Waals surface area contributed by atoms with E-state index >= 15 is 0 Å². The van der Waals surface area contributed by atoms with Gasteiger partial charge in [0.25, 0.3) is 0 Å². The molecule has 0 aliphatic carbocycles. The first-order valence-electron chi connectivity index (χ1n) is 7.23. The normalized spacial score (nSPS) is 12.6. The van der Waals surface area contributed by atoms with Gasteiger partial charge in [-0.3, -0.25) is 0 Å². The summed E-state index contributed by atoms with van der Waals surface area (Å²) in [5, 5.41) is 4.13. The van der Waals surface area contributed by atoms with Crippen molar-refractivity contribution in [2.24, 2.45) is 5.92 Å². The van der Waals surface area contributed by atoms with Crippen LogP contribution in [0, 0.1) is 5.92 Å². The second kappa shape index (κ2) is 10.2. The average Bonchev–Trinajstić information content (AvgIpc) is 2.41. The highest BCUT2D eigenvalue weighted by molar-refractivity contribution is 6.31. The van der Waals surface area contributed by atoms with Crippen molar-refractivity contribution in [2.75, 3.05) is 26.8 Å². The van der Waals surface area contributed by atoms with Crippen molar-refractivity contribution in [2.45, 2.75) is 32.6 Å². The molecule has 0 aliphatic rings. The van der Waals surface area contributed by atoms with Crippen molar-refractivity contribution in [3.05, 3.63) is 34.9 Å². The minimum Gasteiger partial charge on any atom is -0.381 e. The minimum atomic E-state index is 0.575. The highest BCUT2D eigenvalue weighted by atomic mass is 35.5. The van der Waals surface area contributed by atoms with E-state index in [1.54, 1.807) is 0 Å². The summed E-state index contributed by atoms with van der Waals surface area (Å²) in [6, 6.07) is 8.11. The van der Waals surface area contributed by atoms with Gasteiger partial charge in [0.1, 0.15) is 0 Å². The summed E-state index contributed by atoms with van der Waals surface area (Å²) in [6.07, 6.45) is 4.44. The van der Waals surface area contributed by atoms with Crippen LogP contribution in [-0.2, 0) is 11.2 Å². The van der Waals surface area contributed by atoms with Crippen LogP contribution in [-0.4, -0.2) is 26.8 Å². The van der Waals surface area contributed by atoms with Crippen molar-refractivity contribution < 1.29 is 4.74 Å². The molecule has 1 N–H and O–H groups in total. The van der Waals surface area contributed by atoms with Gasteiger partial charge in [0, 0.05) is 18.2 Å². The Balaban J connectivity index is 2.37. The Morgan fingerprint density at radius 1 is 1.26 bits per heavy atom. The summed E-state index contributed by atoms with van der Waals surface area (Å²) in [4.78, 5) is 0. The molecule has 1 unspecified atom stereocenters. The van der Waals surface area contributed by atoms with E-state index < -0.39 is 0 Å². The molecule has 0 amide bonds. The van der Waals surface area contributed by atoms with Crippen LogP contribution in [0.25, 0.3) is 0 Å². The zero-order valence-corrected chi connectivity index (χ0v) is 12.9. The Labute approximate surface area is 122 Å². The molecule has 0 aliphatic heterocycles. The van der Waals surface area contributed by atoms with Crippen LogP contribution in [0.2, 0.25) is 5.02 Å². The number of hydrogen-bond donors (Lipinski definition) is 1. The Bertz CT molecular complexity index is 343. The third-order valence-corrected chi connectivity index (χ3v) is 3.64. The van der Waals surface area contributed by atoms with Crippen LogP contribution in [0.1, 0.15) is 31.7 Å². The van der Waals surface area contributed by atoms with Crippen LogP contribution in [0.5, 0.6) is 0 Å². The van der Waals surface area contributed by atoms with E-state index in [-0.39, 0.29) is 0 Å². The minimum absolute atomic E-state index is 0.575. The number of ether oxygens (including phenoxy) is 1. The zero-order valence-electron chi connectivity index (χ0n) is 12.1. The van der Waals surface area contributed by atoms with Crippen molar-refractivity contribution in [1.82, 2.24) is 5.32 Å². The molecule has 108 valence electrons. The molecule has 3 heteroatoms. The van der Waals surface area contributed by atoms with E-state index in [1.807, 2.05) is 19.2 Å². The lowest BCUT2D eigenvalue weighted by molar-refractivity contribution is 0.117. The summed E-state index contributed by atoms with van der Waals surface area (Å²) in [5.74, 6) is 0.575. The van der Waals surface area contributed by atoms with E-state index in [0.717, 1.165) is 44.0 Å². The quantitative estimate of drug-likeness (QED) is 0.657. The molecule has 2 nitrogen and oxygen atoms in total. The van der Waals surface area contributed by atoms with Crippen molar-refractivity contribution >= 4 is 11.6 Å². The molecule has 0 saturated heterocycles. The van der Waals surface area contributed by atoms with Crippen molar-refractivity contribution in [1.29, 1.82) is 0 Å². The molecule has 0 bridgehead atoms. The first-order valence-corrected chi connectivity index (χ1v) is 7.61. The van der Waals surface area contributed by atoms with Gasteiger partial charge in [0.05, 0.1) is 0 Å². The number of halogens is 1. The molecule has 0 fully saturated rings. The largest absolute Gasteiger partial charge is 0.381 e. The SMILES string of the molecule is CCCCOCCC(CNC)Cc1ccccc1Cl. The summed E-state index contributed by atoms with van der Waals surface area (Å²) in [7, 11) is 2.00. The summed E-state index contributed by atoms with van der Waals surface area (Å²) in [6.45, 7) is 4.92. The van der Waals surface area contributed by atoms with Gasteiger partial charge in [-0.05, 0) is 50.4 Å². The monoisotopic (exact) mass is 283 g/mol. The van der Waals surface area contributed by atoms with Crippen LogP contribution >= 0.6 is 11.6 Å². The molecule has 1 aromatic rings. The molecule has 0 heterocycles. The number of unbranched alkanes of at least 4 members (excludes halogenated alkanes) is 1. The molecular formula is C16H26ClNO. The first kappa shape index (κ1) is 16.5. The third kappa shape index (κ3) is 6.95. The maximum absolute atomic E-state index is 6.22. The van der Waals surface area contributed by atoms with Gasteiger partial charge in [-0.1, -0.05) is 43.1 Å². The Morgan fingerprint density at radius 2 is 2.05 bits per heavy atom. The summed E-state index contributed by atoms with van der Waals surface area (Å²) < 4.78 is 5.66. The second-order valence-corrected chi connectivity index (χ2v) is 5.38. The predicted molar refractivity (Wildman–Crippen MR) is 82.9 cm³/mol. The summed E-state index contributed by atoms with van der Waals surface area (Å²) in [5.41, 5.74) is 1.23. The molecular weight excluding hydrogens is 258 g/mol. The topological polar surface area (TPSA) is 21.3 Å². The lowest BCUT2D eigenvalue weighted by Gasteiger charge is -2.17. The third-order valence-electron chi connectivity index (χ3n) is 3.27. The van der Waals surface area contributed by atoms with Crippen molar-refractivity contribution in [3.63, 3.8) is 0 Å². The number of rotatable bonds is 10.